The Bertz CT molecular complexity index is 253. The maximum absolute atomic E-state index is 4.83. The average Bonchev–Trinajstić information content (AvgIpc) is 2.59. The van der Waals surface area contributed by atoms with Crippen LogP contribution in [0.3, 0.4) is 0 Å². The van der Waals surface area contributed by atoms with E-state index < -0.39 is 0 Å². The molecule has 0 spiro atoms. The molecule has 0 bridgehead atoms. The summed E-state index contributed by atoms with van der Waals surface area (Å²) in [6.07, 6.45) is 4.64. The molecule has 2 heterocycles. The highest BCUT2D eigenvalue weighted by molar-refractivity contribution is 5.52. The Balaban J connectivity index is 2.48. The first-order chi connectivity index (χ1) is 4.97. The van der Waals surface area contributed by atoms with Gasteiger partial charge in [-0.2, -0.15) is 0 Å². The topological polar surface area (TPSA) is 52.1 Å². The van der Waals surface area contributed by atoms with Crippen LogP contribution >= 0.6 is 0 Å². The maximum atomic E-state index is 4.83. The Morgan fingerprint density at radius 3 is 2.90 bits per heavy atom. The van der Waals surface area contributed by atoms with Gasteiger partial charge in [-0.1, -0.05) is 10.3 Å². The van der Waals surface area contributed by atoms with Crippen LogP contribution in [0.1, 0.15) is 0 Å². The molecule has 0 atom stereocenters. The Morgan fingerprint density at radius 2 is 2.30 bits per heavy atom. The zero-order valence-corrected chi connectivity index (χ0v) is 5.02. The molecule has 0 saturated carbocycles. The fourth-order valence-electron chi connectivity index (χ4n) is 0.691. The van der Waals surface area contributed by atoms with Gasteiger partial charge >= 0.3 is 0 Å². The summed E-state index contributed by atoms with van der Waals surface area (Å²) in [7, 11) is 0. The Morgan fingerprint density at radius 1 is 1.30 bits per heavy atom. The van der Waals surface area contributed by atoms with Crippen LogP contribution in [-0.2, 0) is 0 Å². The zero-order chi connectivity index (χ0) is 6.81. The van der Waals surface area contributed by atoms with Gasteiger partial charge in [-0.15, -0.1) is 0 Å². The molecule has 0 unspecified atom stereocenters. The van der Waals surface area contributed by atoms with E-state index in [0.29, 0.717) is 5.76 Å². The maximum Gasteiger partial charge on any atom is 0.171 e. The molecule has 2 aromatic rings. The predicted molar refractivity (Wildman–Crippen MR) is 32.0 cm³/mol. The lowest BCUT2D eigenvalue weighted by Gasteiger charge is -1.79. The molecule has 4 nitrogen and oxygen atoms in total. The molecule has 0 saturated heterocycles. The standard InChI is InChI=1S/C6H4N2O2/c1-2-7-10-6(1)5-3-8-9-4-5/h1-4H. The van der Waals surface area contributed by atoms with Crippen LogP contribution < -0.4 is 0 Å². The molecule has 50 valence electrons. The van der Waals surface area contributed by atoms with Gasteiger partial charge in [-0.05, 0) is 0 Å². The number of rotatable bonds is 1. The lowest BCUT2D eigenvalue weighted by molar-refractivity contribution is 0.417. The Kier molecular flexibility index (Phi) is 1.04. The van der Waals surface area contributed by atoms with Crippen molar-refractivity contribution >= 4 is 0 Å². The molecule has 0 aromatic carbocycles. The summed E-state index contributed by atoms with van der Waals surface area (Å²) in [5, 5.41) is 7.05. The molecule has 0 fully saturated rings. The third-order valence-electron chi connectivity index (χ3n) is 1.15. The minimum absolute atomic E-state index is 0.668. The van der Waals surface area contributed by atoms with Crippen LogP contribution in [0.25, 0.3) is 11.3 Å². The third kappa shape index (κ3) is 0.699. The van der Waals surface area contributed by atoms with Crippen molar-refractivity contribution in [2.24, 2.45) is 0 Å². The van der Waals surface area contributed by atoms with E-state index in [9.17, 15) is 0 Å². The SMILES string of the molecule is c1cc(-c2cnoc2)on1. The van der Waals surface area contributed by atoms with Gasteiger partial charge in [-0.25, -0.2) is 0 Å². The summed E-state index contributed by atoms with van der Waals surface area (Å²) in [6.45, 7) is 0. The fraction of sp³-hybridized carbons (Fsp3) is 0. The van der Waals surface area contributed by atoms with Gasteiger partial charge in [0.1, 0.15) is 6.26 Å². The Hall–Kier alpha value is -1.58. The molecule has 2 aromatic heterocycles. The molecule has 2 rings (SSSR count). The van der Waals surface area contributed by atoms with E-state index in [4.69, 9.17) is 4.52 Å². The van der Waals surface area contributed by atoms with Gasteiger partial charge in [-0.3, -0.25) is 0 Å². The van der Waals surface area contributed by atoms with Gasteiger partial charge < -0.3 is 9.05 Å². The first-order valence-corrected chi connectivity index (χ1v) is 2.77. The van der Waals surface area contributed by atoms with E-state index in [-0.39, 0.29) is 0 Å². The molecule has 0 aliphatic carbocycles. The van der Waals surface area contributed by atoms with Crippen LogP contribution in [0.2, 0.25) is 0 Å². The third-order valence-corrected chi connectivity index (χ3v) is 1.15. The van der Waals surface area contributed by atoms with Gasteiger partial charge in [0.05, 0.1) is 18.0 Å². The largest absolute Gasteiger partial charge is 0.364 e. The molecule has 0 aliphatic rings. The second-order valence-electron chi connectivity index (χ2n) is 1.79. The summed E-state index contributed by atoms with van der Waals surface area (Å²) in [5.74, 6) is 0.668. The van der Waals surface area contributed by atoms with Gasteiger partial charge in [0.2, 0.25) is 0 Å². The van der Waals surface area contributed by atoms with Crippen LogP contribution in [0.5, 0.6) is 0 Å². The molecule has 0 amide bonds. The molecular formula is C6H4N2O2. The zero-order valence-electron chi connectivity index (χ0n) is 5.02. The van der Waals surface area contributed by atoms with Gasteiger partial charge in [0, 0.05) is 6.07 Å². The van der Waals surface area contributed by atoms with E-state index in [1.165, 1.54) is 6.26 Å². The summed E-state index contributed by atoms with van der Waals surface area (Å²) in [6, 6.07) is 1.74. The fourth-order valence-corrected chi connectivity index (χ4v) is 0.691. The number of hydrogen-bond acceptors (Lipinski definition) is 4. The van der Waals surface area contributed by atoms with Crippen molar-refractivity contribution in [2.75, 3.05) is 0 Å². The van der Waals surface area contributed by atoms with E-state index in [2.05, 4.69) is 14.8 Å². The van der Waals surface area contributed by atoms with Crippen LogP contribution in [0.4, 0.5) is 0 Å². The first-order valence-electron chi connectivity index (χ1n) is 2.77. The average molecular weight is 136 g/mol. The minimum atomic E-state index is 0.668. The van der Waals surface area contributed by atoms with E-state index in [1.807, 2.05) is 0 Å². The molecule has 0 radical (unpaired) electrons. The Labute approximate surface area is 56.4 Å². The quantitative estimate of drug-likeness (QED) is 0.593. The van der Waals surface area contributed by atoms with Crippen molar-refractivity contribution in [1.82, 2.24) is 10.3 Å². The molecule has 10 heavy (non-hydrogen) atoms. The molecule has 0 N–H and O–H groups in total. The van der Waals surface area contributed by atoms with E-state index in [1.54, 1.807) is 18.5 Å². The monoisotopic (exact) mass is 136 g/mol. The highest BCUT2D eigenvalue weighted by Gasteiger charge is 2.01. The highest BCUT2D eigenvalue weighted by atomic mass is 16.5. The van der Waals surface area contributed by atoms with Crippen molar-refractivity contribution in [3.63, 3.8) is 0 Å². The smallest absolute Gasteiger partial charge is 0.171 e. The van der Waals surface area contributed by atoms with Crippen molar-refractivity contribution in [1.29, 1.82) is 0 Å². The molecule has 4 heteroatoms. The predicted octanol–water partition coefficient (Wildman–Crippen LogP) is 1.33. The second kappa shape index (κ2) is 1.98. The summed E-state index contributed by atoms with van der Waals surface area (Å²) < 4.78 is 9.43. The van der Waals surface area contributed by atoms with Crippen molar-refractivity contribution in [3.05, 3.63) is 24.7 Å². The van der Waals surface area contributed by atoms with Crippen LogP contribution in [0, 0.1) is 0 Å². The number of aromatic nitrogens is 2. The van der Waals surface area contributed by atoms with Crippen LogP contribution in [-0.4, -0.2) is 10.3 Å². The van der Waals surface area contributed by atoms with Gasteiger partial charge in [0.15, 0.2) is 5.76 Å². The molecule has 0 aliphatic heterocycles. The summed E-state index contributed by atoms with van der Waals surface area (Å²) >= 11 is 0. The minimum Gasteiger partial charge on any atom is -0.364 e. The van der Waals surface area contributed by atoms with Crippen molar-refractivity contribution < 1.29 is 9.05 Å². The summed E-state index contributed by atoms with van der Waals surface area (Å²) in [5.41, 5.74) is 0.803. The van der Waals surface area contributed by atoms with E-state index in [0.717, 1.165) is 5.56 Å². The highest BCUT2D eigenvalue weighted by Crippen LogP contribution is 2.16. The van der Waals surface area contributed by atoms with Crippen LogP contribution in [0.15, 0.2) is 33.8 Å². The van der Waals surface area contributed by atoms with Crippen molar-refractivity contribution in [3.8, 4) is 11.3 Å². The van der Waals surface area contributed by atoms with Crippen molar-refractivity contribution in [2.45, 2.75) is 0 Å². The first kappa shape index (κ1) is 5.22. The lowest BCUT2D eigenvalue weighted by atomic mass is 10.3. The van der Waals surface area contributed by atoms with E-state index >= 15 is 0 Å². The molecular weight excluding hydrogens is 132 g/mol. The summed E-state index contributed by atoms with van der Waals surface area (Å²) in [4.78, 5) is 0. The number of hydrogen-bond donors (Lipinski definition) is 0. The normalized spacial score (nSPS) is 10.0. The van der Waals surface area contributed by atoms with Gasteiger partial charge in [0.25, 0.3) is 0 Å². The number of nitrogens with zero attached hydrogens (tertiary/aromatic N) is 2. The lowest BCUT2D eigenvalue weighted by Crippen LogP contribution is -1.63. The second-order valence-corrected chi connectivity index (χ2v) is 1.79.